The van der Waals surface area contributed by atoms with Crippen molar-refractivity contribution in [1.82, 2.24) is 4.98 Å². The van der Waals surface area contributed by atoms with Crippen molar-refractivity contribution in [3.8, 4) is 0 Å². The Kier molecular flexibility index (Phi) is 2.63. The summed E-state index contributed by atoms with van der Waals surface area (Å²) in [5.41, 5.74) is 6.86. The summed E-state index contributed by atoms with van der Waals surface area (Å²) in [6.45, 7) is 0.0338. The number of nitrogens with two attached hydrogens (primary N) is 1. The number of nitrogen functional groups attached to an aromatic ring is 1. The summed E-state index contributed by atoms with van der Waals surface area (Å²) >= 11 is 0. The van der Waals surface area contributed by atoms with Gasteiger partial charge in [0.2, 0.25) is 0 Å². The van der Waals surface area contributed by atoms with E-state index in [1.54, 1.807) is 30.5 Å². The molecule has 11 heavy (non-hydrogen) atoms. The van der Waals surface area contributed by atoms with Gasteiger partial charge in [-0.05, 0) is 18.2 Å². The lowest BCUT2D eigenvalue weighted by molar-refractivity contribution is 0.343. The molecule has 0 aromatic carbocycles. The van der Waals surface area contributed by atoms with Crippen molar-refractivity contribution >= 4 is 11.8 Å². The molecule has 0 spiro atoms. The molecule has 0 aliphatic heterocycles. The summed E-state index contributed by atoms with van der Waals surface area (Å²) < 4.78 is 0. The van der Waals surface area contributed by atoms with Crippen LogP contribution in [0.4, 0.5) is 5.69 Å². The van der Waals surface area contributed by atoms with E-state index in [4.69, 9.17) is 10.8 Å². The second-order valence-electron chi connectivity index (χ2n) is 2.10. The summed E-state index contributed by atoms with van der Waals surface area (Å²) in [5.74, 6) is 0. The van der Waals surface area contributed by atoms with Crippen molar-refractivity contribution < 1.29 is 5.11 Å². The lowest BCUT2D eigenvalue weighted by Crippen LogP contribution is -1.86. The highest BCUT2D eigenvalue weighted by Gasteiger charge is 1.86. The van der Waals surface area contributed by atoms with Crippen LogP contribution in [0, 0.1) is 0 Å². The van der Waals surface area contributed by atoms with Crippen molar-refractivity contribution in [3.63, 3.8) is 0 Å². The van der Waals surface area contributed by atoms with E-state index in [9.17, 15) is 0 Å². The van der Waals surface area contributed by atoms with Gasteiger partial charge in [0.25, 0.3) is 0 Å². The standard InChI is InChI=1S/C8H10N2O/c9-7-3-4-8(10-6-7)2-1-5-11/h1-4,6,11H,5,9H2. The largest absolute Gasteiger partial charge is 0.397 e. The van der Waals surface area contributed by atoms with Crippen LogP contribution in [0.1, 0.15) is 5.69 Å². The molecule has 0 amide bonds. The Morgan fingerprint density at radius 3 is 2.91 bits per heavy atom. The first kappa shape index (κ1) is 7.75. The lowest BCUT2D eigenvalue weighted by Gasteiger charge is -1.92. The van der Waals surface area contributed by atoms with Gasteiger partial charge >= 0.3 is 0 Å². The maximum atomic E-state index is 8.44. The lowest BCUT2D eigenvalue weighted by atomic mass is 10.3. The molecule has 0 bridgehead atoms. The molecular weight excluding hydrogens is 140 g/mol. The summed E-state index contributed by atoms with van der Waals surface area (Å²) in [5, 5.41) is 8.44. The van der Waals surface area contributed by atoms with Crippen LogP contribution in [0.3, 0.4) is 0 Å². The Bertz CT molecular complexity index is 241. The van der Waals surface area contributed by atoms with Crippen molar-refractivity contribution in [2.24, 2.45) is 0 Å². The normalized spacial score (nSPS) is 10.6. The van der Waals surface area contributed by atoms with E-state index >= 15 is 0 Å². The molecule has 0 fully saturated rings. The number of hydrogen-bond donors (Lipinski definition) is 2. The Labute approximate surface area is 65.2 Å². The van der Waals surface area contributed by atoms with Gasteiger partial charge in [0, 0.05) is 0 Å². The molecule has 1 heterocycles. The van der Waals surface area contributed by atoms with Crippen molar-refractivity contribution in [2.45, 2.75) is 0 Å². The Morgan fingerprint density at radius 1 is 1.55 bits per heavy atom. The highest BCUT2D eigenvalue weighted by atomic mass is 16.2. The fourth-order valence-corrected chi connectivity index (χ4v) is 0.689. The molecule has 1 rings (SSSR count). The summed E-state index contributed by atoms with van der Waals surface area (Å²) in [6, 6.07) is 3.56. The second kappa shape index (κ2) is 3.73. The maximum absolute atomic E-state index is 8.44. The zero-order chi connectivity index (χ0) is 8.10. The predicted octanol–water partition coefficient (Wildman–Crippen LogP) is 0.669. The number of aliphatic hydroxyl groups excluding tert-OH is 1. The molecule has 0 aliphatic carbocycles. The number of hydrogen-bond acceptors (Lipinski definition) is 3. The van der Waals surface area contributed by atoms with E-state index in [-0.39, 0.29) is 6.61 Å². The van der Waals surface area contributed by atoms with Crippen LogP contribution < -0.4 is 5.73 Å². The first-order valence-corrected chi connectivity index (χ1v) is 3.32. The van der Waals surface area contributed by atoms with Gasteiger partial charge in [-0.1, -0.05) is 6.08 Å². The summed E-state index contributed by atoms with van der Waals surface area (Å²) in [4.78, 5) is 3.99. The second-order valence-corrected chi connectivity index (χ2v) is 2.10. The Balaban J connectivity index is 2.73. The monoisotopic (exact) mass is 150 g/mol. The highest BCUT2D eigenvalue weighted by Crippen LogP contribution is 2.01. The van der Waals surface area contributed by atoms with Crippen LogP contribution in [-0.4, -0.2) is 16.7 Å². The topological polar surface area (TPSA) is 59.1 Å². The Morgan fingerprint density at radius 2 is 2.36 bits per heavy atom. The molecule has 0 radical (unpaired) electrons. The first-order valence-electron chi connectivity index (χ1n) is 3.32. The number of nitrogens with zero attached hydrogens (tertiary/aromatic N) is 1. The van der Waals surface area contributed by atoms with E-state index in [0.717, 1.165) is 5.69 Å². The number of pyridine rings is 1. The number of aliphatic hydroxyl groups is 1. The van der Waals surface area contributed by atoms with Gasteiger partial charge < -0.3 is 10.8 Å². The molecule has 0 saturated heterocycles. The van der Waals surface area contributed by atoms with E-state index < -0.39 is 0 Å². The minimum absolute atomic E-state index is 0.0338. The third-order valence-electron chi connectivity index (χ3n) is 1.20. The predicted molar refractivity (Wildman–Crippen MR) is 44.8 cm³/mol. The zero-order valence-electron chi connectivity index (χ0n) is 6.07. The van der Waals surface area contributed by atoms with Crippen LogP contribution >= 0.6 is 0 Å². The number of aromatic nitrogens is 1. The average Bonchev–Trinajstić information content (AvgIpc) is 2.04. The van der Waals surface area contributed by atoms with Crippen molar-refractivity contribution in [1.29, 1.82) is 0 Å². The molecule has 3 nitrogen and oxygen atoms in total. The molecule has 58 valence electrons. The molecule has 0 saturated carbocycles. The smallest absolute Gasteiger partial charge is 0.0628 e. The zero-order valence-corrected chi connectivity index (χ0v) is 6.07. The molecule has 3 heteroatoms. The number of anilines is 1. The average molecular weight is 150 g/mol. The molecule has 1 aromatic rings. The van der Waals surface area contributed by atoms with E-state index in [2.05, 4.69) is 4.98 Å². The SMILES string of the molecule is Nc1ccc(C=CCO)nc1. The van der Waals surface area contributed by atoms with E-state index in [1.807, 2.05) is 0 Å². The molecule has 3 N–H and O–H groups in total. The quantitative estimate of drug-likeness (QED) is 0.651. The van der Waals surface area contributed by atoms with Gasteiger partial charge in [0.05, 0.1) is 24.2 Å². The van der Waals surface area contributed by atoms with Crippen LogP contribution in [0.25, 0.3) is 6.08 Å². The van der Waals surface area contributed by atoms with Crippen molar-refractivity contribution in [2.75, 3.05) is 12.3 Å². The fourth-order valence-electron chi connectivity index (χ4n) is 0.689. The summed E-state index contributed by atoms with van der Waals surface area (Å²) in [7, 11) is 0. The van der Waals surface area contributed by atoms with Gasteiger partial charge in [-0.15, -0.1) is 0 Å². The van der Waals surface area contributed by atoms with Crippen LogP contribution in [0.5, 0.6) is 0 Å². The Hall–Kier alpha value is -1.35. The third-order valence-corrected chi connectivity index (χ3v) is 1.20. The molecule has 0 unspecified atom stereocenters. The first-order chi connectivity index (χ1) is 5.33. The minimum Gasteiger partial charge on any atom is -0.397 e. The van der Waals surface area contributed by atoms with Gasteiger partial charge in [-0.2, -0.15) is 0 Å². The fraction of sp³-hybridized carbons (Fsp3) is 0.125. The van der Waals surface area contributed by atoms with E-state index in [0.29, 0.717) is 5.69 Å². The van der Waals surface area contributed by atoms with Crippen molar-refractivity contribution in [3.05, 3.63) is 30.1 Å². The van der Waals surface area contributed by atoms with Gasteiger partial charge in [-0.25, -0.2) is 0 Å². The molecular formula is C8H10N2O. The molecule has 0 atom stereocenters. The van der Waals surface area contributed by atoms with Gasteiger partial charge in [0.15, 0.2) is 0 Å². The van der Waals surface area contributed by atoms with Gasteiger partial charge in [-0.3, -0.25) is 4.98 Å². The summed E-state index contributed by atoms with van der Waals surface area (Å²) in [6.07, 6.45) is 4.94. The van der Waals surface area contributed by atoms with Gasteiger partial charge in [0.1, 0.15) is 0 Å². The van der Waals surface area contributed by atoms with E-state index in [1.165, 1.54) is 0 Å². The maximum Gasteiger partial charge on any atom is 0.0628 e. The van der Waals surface area contributed by atoms with Crippen LogP contribution in [-0.2, 0) is 0 Å². The third kappa shape index (κ3) is 2.39. The highest BCUT2D eigenvalue weighted by molar-refractivity contribution is 5.47. The van der Waals surface area contributed by atoms with Crippen LogP contribution in [0.15, 0.2) is 24.4 Å². The molecule has 0 aliphatic rings. The minimum atomic E-state index is 0.0338. The van der Waals surface area contributed by atoms with Crippen LogP contribution in [0.2, 0.25) is 0 Å². The number of rotatable bonds is 2. The molecule has 1 aromatic heterocycles.